The second-order valence-corrected chi connectivity index (χ2v) is 5.26. The number of hydrogen-bond donors (Lipinski definition) is 0. The molecule has 21 heavy (non-hydrogen) atoms. The van der Waals surface area contributed by atoms with Crippen molar-refractivity contribution in [1.82, 2.24) is 4.57 Å². The van der Waals surface area contributed by atoms with Crippen molar-refractivity contribution >= 4 is 6.16 Å². The van der Waals surface area contributed by atoms with Crippen molar-refractivity contribution in [3.8, 4) is 0 Å². The summed E-state index contributed by atoms with van der Waals surface area (Å²) in [4.78, 5) is 8.33. The lowest BCUT2D eigenvalue weighted by atomic mass is 10.1. The van der Waals surface area contributed by atoms with Gasteiger partial charge in [-0.15, -0.1) is 0 Å². The quantitative estimate of drug-likeness (QED) is 0.486. The molecule has 1 heterocycles. The van der Waals surface area contributed by atoms with Crippen molar-refractivity contribution in [3.63, 3.8) is 0 Å². The fourth-order valence-electron chi connectivity index (χ4n) is 2.12. The van der Waals surface area contributed by atoms with E-state index in [4.69, 9.17) is 15.0 Å². The highest BCUT2D eigenvalue weighted by atomic mass is 16.6. The maximum Gasteiger partial charge on any atom is 1.00 e. The summed E-state index contributed by atoms with van der Waals surface area (Å²) < 4.78 is 4.63. The summed E-state index contributed by atoms with van der Waals surface area (Å²) in [7, 11) is 0. The first kappa shape index (κ1) is 19.5. The molecule has 1 rings (SSSR count). The van der Waals surface area contributed by atoms with Crippen LogP contribution in [-0.4, -0.2) is 10.7 Å². The zero-order chi connectivity index (χ0) is 15.9. The lowest BCUT2D eigenvalue weighted by Crippen LogP contribution is -2.37. The molecule has 0 aliphatic heterocycles. The molecule has 0 atom stereocenters. The Bertz CT molecular complexity index is 366. The number of carboxylic acid groups (broad SMARTS) is 2. The molecule has 0 N–H and O–H groups in total. The first-order valence-electron chi connectivity index (χ1n) is 8.03. The summed E-state index contributed by atoms with van der Waals surface area (Å²) in [5, 5.41) is 16.7. The van der Waals surface area contributed by atoms with Crippen LogP contribution in [0.2, 0.25) is 0 Å². The highest BCUT2D eigenvalue weighted by molar-refractivity contribution is 5.47. The number of unbranched alkanes of at least 4 members (excludes halogenated alkanes) is 6. The first-order valence-corrected chi connectivity index (χ1v) is 8.03. The van der Waals surface area contributed by atoms with Crippen molar-refractivity contribution in [2.45, 2.75) is 78.3 Å². The lowest BCUT2D eigenvalue weighted by Gasteiger charge is -1.98. The van der Waals surface area contributed by atoms with E-state index in [0.29, 0.717) is 0 Å². The van der Waals surface area contributed by atoms with Crippen LogP contribution in [0, 0.1) is 0 Å². The number of carbonyl (C=O) groups excluding carboxylic acids is 1. The van der Waals surface area contributed by atoms with Crippen LogP contribution in [-0.2, 0) is 13.1 Å². The van der Waals surface area contributed by atoms with Crippen molar-refractivity contribution in [1.29, 1.82) is 0 Å². The second kappa shape index (κ2) is 13.5. The van der Waals surface area contributed by atoms with Gasteiger partial charge in [0.1, 0.15) is 12.4 Å². The molecule has 0 spiro atoms. The highest BCUT2D eigenvalue weighted by Gasteiger charge is 2.02. The van der Waals surface area contributed by atoms with E-state index < -0.39 is 6.16 Å². The lowest BCUT2D eigenvalue weighted by molar-refractivity contribution is -0.696. The third kappa shape index (κ3) is 13.2. The van der Waals surface area contributed by atoms with Gasteiger partial charge in [0.25, 0.3) is 0 Å². The van der Waals surface area contributed by atoms with Crippen LogP contribution in [0.15, 0.2) is 18.7 Å². The molecular weight excluding hydrogens is 268 g/mol. The largest absolute Gasteiger partial charge is 1.00 e. The van der Waals surface area contributed by atoms with Gasteiger partial charge in [-0.2, -0.15) is 0 Å². The third-order valence-corrected chi connectivity index (χ3v) is 3.29. The van der Waals surface area contributed by atoms with Gasteiger partial charge in [-0.05, 0) is 25.4 Å². The second-order valence-electron chi connectivity index (χ2n) is 5.26. The van der Waals surface area contributed by atoms with Crippen LogP contribution < -0.4 is 14.8 Å². The van der Waals surface area contributed by atoms with Gasteiger partial charge in [0.15, 0.2) is 0 Å². The van der Waals surface area contributed by atoms with E-state index >= 15 is 0 Å². The fourth-order valence-corrected chi connectivity index (χ4v) is 2.12. The van der Waals surface area contributed by atoms with Gasteiger partial charge >= 0.3 is 1.43 Å². The predicted molar refractivity (Wildman–Crippen MR) is 79.4 cm³/mol. The van der Waals surface area contributed by atoms with Crippen LogP contribution in [0.5, 0.6) is 0 Å². The van der Waals surface area contributed by atoms with Crippen LogP contribution in [0.3, 0.4) is 0 Å². The van der Waals surface area contributed by atoms with Crippen molar-refractivity contribution in [3.05, 3.63) is 18.7 Å². The molecule has 0 aliphatic rings. The minimum atomic E-state index is -2.33. The maximum atomic E-state index is 8.33. The van der Waals surface area contributed by atoms with Gasteiger partial charge in [-0.3, -0.25) is 0 Å². The molecule has 1 aromatic heterocycles. The van der Waals surface area contributed by atoms with E-state index in [2.05, 4.69) is 41.7 Å². The Balaban J connectivity index is 0. The Morgan fingerprint density at radius 1 is 1.05 bits per heavy atom. The van der Waals surface area contributed by atoms with Crippen LogP contribution in [0.4, 0.5) is 4.79 Å². The Kier molecular flexibility index (Phi) is 12.5. The average molecular weight is 298 g/mol. The normalized spacial score (nSPS) is 10.0. The molecule has 0 fully saturated rings. The minimum absolute atomic E-state index is 0. The highest BCUT2D eigenvalue weighted by Crippen LogP contribution is 2.04. The zero-order valence-electron chi connectivity index (χ0n) is 14.4. The number of carbonyl (C=O) groups is 1. The summed E-state index contributed by atoms with van der Waals surface area (Å²) in [6, 6.07) is 0. The maximum absolute atomic E-state index is 8.33. The smallest absolute Gasteiger partial charge is 0.652 e. The number of imidazole rings is 1. The molecule has 1 aromatic rings. The summed E-state index contributed by atoms with van der Waals surface area (Å²) >= 11 is 0. The molecule has 0 saturated heterocycles. The summed E-state index contributed by atoms with van der Waals surface area (Å²) in [6.07, 6.45) is 15.2. The van der Waals surface area contributed by atoms with Gasteiger partial charge in [0.2, 0.25) is 6.33 Å². The van der Waals surface area contributed by atoms with Gasteiger partial charge in [-0.25, -0.2) is 9.13 Å². The molecular formula is C16H30N2O3. The van der Waals surface area contributed by atoms with Crippen molar-refractivity contribution in [2.24, 2.45) is 0 Å². The number of aromatic nitrogens is 2. The molecule has 122 valence electrons. The van der Waals surface area contributed by atoms with Gasteiger partial charge in [0, 0.05) is 0 Å². The standard InChI is InChI=1S/C15H29N2.CH2O3/c1-3-5-7-8-9-10-12-17-14-13-16(15-17)11-6-4-2;2-1(3)4/h13-15H,3-12H2,1-2H3;(H2,2,3,4)/q+1;/p-1. The Hall–Kier alpha value is -1.52. The minimum Gasteiger partial charge on any atom is -0.652 e. The van der Waals surface area contributed by atoms with Crippen LogP contribution in [0.25, 0.3) is 0 Å². The molecule has 5 nitrogen and oxygen atoms in total. The molecule has 0 bridgehead atoms. The van der Waals surface area contributed by atoms with Gasteiger partial charge in [0.05, 0.1) is 13.1 Å². The molecule has 0 radical (unpaired) electrons. The fraction of sp³-hybridized carbons (Fsp3) is 0.750. The molecule has 0 unspecified atom stereocenters. The Labute approximate surface area is 129 Å². The van der Waals surface area contributed by atoms with E-state index in [1.54, 1.807) is 0 Å². The molecule has 5 heteroatoms. The van der Waals surface area contributed by atoms with Crippen LogP contribution >= 0.6 is 0 Å². The van der Waals surface area contributed by atoms with E-state index in [0.717, 1.165) is 0 Å². The topological polar surface area (TPSA) is 72.0 Å². The molecule has 0 amide bonds. The predicted octanol–water partition coefficient (Wildman–Crippen LogP) is 1.60. The number of hydrogen-bond acceptors (Lipinski definition) is 3. The van der Waals surface area contributed by atoms with E-state index in [-0.39, 0.29) is 1.43 Å². The van der Waals surface area contributed by atoms with Crippen molar-refractivity contribution < 1.29 is 21.0 Å². The third-order valence-electron chi connectivity index (χ3n) is 3.29. The summed E-state index contributed by atoms with van der Waals surface area (Å²) in [5.41, 5.74) is 0. The molecule has 0 saturated carbocycles. The number of aryl methyl sites for hydroxylation is 2. The first-order chi connectivity index (χ1) is 10.1. The molecule has 0 aliphatic carbocycles. The SMILES string of the molecule is CCCCCCCC[n+]1ccn(CCCC)c1.O=C([O-])[O-].[H+]. The van der Waals surface area contributed by atoms with Crippen molar-refractivity contribution in [2.75, 3.05) is 0 Å². The summed E-state index contributed by atoms with van der Waals surface area (Å²) in [6.45, 7) is 6.87. The van der Waals surface area contributed by atoms with Crippen LogP contribution in [0.1, 0.15) is 66.6 Å². The number of rotatable bonds is 10. The van der Waals surface area contributed by atoms with E-state index in [1.165, 1.54) is 64.5 Å². The average Bonchev–Trinajstić information content (AvgIpc) is 2.87. The Morgan fingerprint density at radius 3 is 2.24 bits per heavy atom. The van der Waals surface area contributed by atoms with Gasteiger partial charge < -0.3 is 15.0 Å². The van der Waals surface area contributed by atoms with E-state index in [9.17, 15) is 0 Å². The number of nitrogens with zero attached hydrogens (tertiary/aromatic N) is 2. The monoisotopic (exact) mass is 298 g/mol. The summed E-state index contributed by atoms with van der Waals surface area (Å²) in [5.74, 6) is 0. The van der Waals surface area contributed by atoms with E-state index in [1.807, 2.05) is 0 Å². The van der Waals surface area contributed by atoms with Gasteiger partial charge in [-0.1, -0.05) is 46.0 Å². The zero-order valence-corrected chi connectivity index (χ0v) is 13.4. The Morgan fingerprint density at radius 2 is 1.62 bits per heavy atom. The molecule has 0 aromatic carbocycles.